The summed E-state index contributed by atoms with van der Waals surface area (Å²) >= 11 is 0. The van der Waals surface area contributed by atoms with Gasteiger partial charge >= 0.3 is 0 Å². The monoisotopic (exact) mass is 360 g/mol. The van der Waals surface area contributed by atoms with Gasteiger partial charge in [0.15, 0.2) is 0 Å². The van der Waals surface area contributed by atoms with Gasteiger partial charge in [0.25, 0.3) is 0 Å². The highest BCUT2D eigenvalue weighted by molar-refractivity contribution is 5.76. The zero-order valence-corrected chi connectivity index (χ0v) is 16.3. The third-order valence-electron chi connectivity index (χ3n) is 4.61. The number of nitrogens with zero attached hydrogens (tertiary/aromatic N) is 2. The van der Waals surface area contributed by atoms with Crippen LogP contribution >= 0.6 is 0 Å². The molecule has 144 valence electrons. The summed E-state index contributed by atoms with van der Waals surface area (Å²) in [6.07, 6.45) is 2.37. The van der Waals surface area contributed by atoms with Gasteiger partial charge in [-0.25, -0.2) is 0 Å². The standard InChI is InChI=1S/C21H32N2O3/c1-5-13-26-20(18-7-6-8-19(15-18)25-4)16-22-9-11-23(12-10-22)21(24)14-17(2)3/h5-8,15,17,20H,1,9-14,16H2,2-4H3/t20-/m1/s1. The molecule has 1 aromatic carbocycles. The van der Waals surface area contributed by atoms with Crippen molar-refractivity contribution in [1.82, 2.24) is 9.80 Å². The third kappa shape index (κ3) is 6.15. The number of amides is 1. The Bertz CT molecular complexity index is 580. The number of piperazine rings is 1. The number of rotatable bonds is 9. The van der Waals surface area contributed by atoms with Crippen molar-refractivity contribution in [3.63, 3.8) is 0 Å². The molecule has 1 heterocycles. The minimum absolute atomic E-state index is 0.0407. The second-order valence-electron chi connectivity index (χ2n) is 7.17. The molecule has 26 heavy (non-hydrogen) atoms. The summed E-state index contributed by atoms with van der Waals surface area (Å²) in [4.78, 5) is 16.6. The second kappa shape index (κ2) is 10.3. The third-order valence-corrected chi connectivity index (χ3v) is 4.61. The molecule has 0 saturated carbocycles. The zero-order valence-electron chi connectivity index (χ0n) is 16.3. The Balaban J connectivity index is 1.94. The lowest BCUT2D eigenvalue weighted by Crippen LogP contribution is -2.49. The fraction of sp³-hybridized carbons (Fsp3) is 0.571. The van der Waals surface area contributed by atoms with Crippen molar-refractivity contribution in [2.24, 2.45) is 5.92 Å². The first-order valence-corrected chi connectivity index (χ1v) is 9.40. The van der Waals surface area contributed by atoms with Crippen molar-refractivity contribution in [2.45, 2.75) is 26.4 Å². The van der Waals surface area contributed by atoms with E-state index in [0.29, 0.717) is 18.9 Å². The van der Waals surface area contributed by atoms with E-state index in [0.717, 1.165) is 44.0 Å². The quantitative estimate of drug-likeness (QED) is 0.635. The van der Waals surface area contributed by atoms with Crippen molar-refractivity contribution < 1.29 is 14.3 Å². The van der Waals surface area contributed by atoms with Gasteiger partial charge < -0.3 is 14.4 Å². The van der Waals surface area contributed by atoms with Crippen LogP contribution in [0.1, 0.15) is 31.9 Å². The molecule has 2 rings (SSSR count). The van der Waals surface area contributed by atoms with Crippen LogP contribution in [0.3, 0.4) is 0 Å². The van der Waals surface area contributed by atoms with E-state index < -0.39 is 0 Å². The Kier molecular flexibility index (Phi) is 8.13. The van der Waals surface area contributed by atoms with Crippen LogP contribution in [0, 0.1) is 5.92 Å². The first kappa shape index (κ1) is 20.5. The van der Waals surface area contributed by atoms with E-state index in [1.54, 1.807) is 13.2 Å². The van der Waals surface area contributed by atoms with Gasteiger partial charge in [-0.05, 0) is 23.6 Å². The molecule has 1 aromatic rings. The minimum atomic E-state index is -0.0407. The molecule has 1 amide bonds. The SMILES string of the molecule is C=CCO[C@H](CN1CCN(C(=O)CC(C)C)CC1)c1cccc(OC)c1. The Morgan fingerprint density at radius 3 is 2.62 bits per heavy atom. The summed E-state index contributed by atoms with van der Waals surface area (Å²) in [7, 11) is 1.67. The molecule has 5 nitrogen and oxygen atoms in total. The molecule has 1 saturated heterocycles. The van der Waals surface area contributed by atoms with E-state index in [1.807, 2.05) is 23.1 Å². The highest BCUT2D eigenvalue weighted by atomic mass is 16.5. The molecule has 1 aliphatic heterocycles. The molecule has 0 radical (unpaired) electrons. The van der Waals surface area contributed by atoms with Crippen molar-refractivity contribution >= 4 is 5.91 Å². The molecule has 0 aromatic heterocycles. The van der Waals surface area contributed by atoms with Crippen molar-refractivity contribution in [1.29, 1.82) is 0 Å². The van der Waals surface area contributed by atoms with Gasteiger partial charge in [0, 0.05) is 39.1 Å². The number of hydrogen-bond donors (Lipinski definition) is 0. The van der Waals surface area contributed by atoms with Gasteiger partial charge in [-0.3, -0.25) is 9.69 Å². The molecule has 5 heteroatoms. The van der Waals surface area contributed by atoms with Gasteiger partial charge in [0.05, 0.1) is 19.8 Å². The summed E-state index contributed by atoms with van der Waals surface area (Å²) in [5.41, 5.74) is 1.10. The molecule has 0 aliphatic carbocycles. The van der Waals surface area contributed by atoms with Gasteiger partial charge in [0.1, 0.15) is 5.75 Å². The average Bonchev–Trinajstić information content (AvgIpc) is 2.65. The zero-order chi connectivity index (χ0) is 18.9. The smallest absolute Gasteiger partial charge is 0.222 e. The van der Waals surface area contributed by atoms with Crippen molar-refractivity contribution in [3.8, 4) is 5.75 Å². The fourth-order valence-corrected chi connectivity index (χ4v) is 3.17. The lowest BCUT2D eigenvalue weighted by atomic mass is 10.1. The topological polar surface area (TPSA) is 42.0 Å². The second-order valence-corrected chi connectivity index (χ2v) is 7.17. The average molecular weight is 360 g/mol. The summed E-state index contributed by atoms with van der Waals surface area (Å²) in [5, 5.41) is 0. The van der Waals surface area contributed by atoms with E-state index in [9.17, 15) is 4.79 Å². The van der Waals surface area contributed by atoms with Crippen LogP contribution in [0.4, 0.5) is 0 Å². The summed E-state index contributed by atoms with van der Waals surface area (Å²) < 4.78 is 11.3. The normalized spacial score (nSPS) is 16.5. The summed E-state index contributed by atoms with van der Waals surface area (Å²) in [6, 6.07) is 8.02. The maximum atomic E-state index is 12.2. The van der Waals surface area contributed by atoms with E-state index in [4.69, 9.17) is 9.47 Å². The van der Waals surface area contributed by atoms with Crippen molar-refractivity contribution in [3.05, 3.63) is 42.5 Å². The predicted molar refractivity (Wildman–Crippen MR) is 104 cm³/mol. The van der Waals surface area contributed by atoms with Gasteiger partial charge in [-0.2, -0.15) is 0 Å². The van der Waals surface area contributed by atoms with Crippen LogP contribution in [0.2, 0.25) is 0 Å². The minimum Gasteiger partial charge on any atom is -0.497 e. The van der Waals surface area contributed by atoms with Crippen molar-refractivity contribution in [2.75, 3.05) is 46.4 Å². The van der Waals surface area contributed by atoms with Gasteiger partial charge in [0.2, 0.25) is 5.91 Å². The van der Waals surface area contributed by atoms with E-state index in [2.05, 4.69) is 31.4 Å². The molecule has 1 fully saturated rings. The summed E-state index contributed by atoms with van der Waals surface area (Å²) in [5.74, 6) is 1.51. The number of carbonyl (C=O) groups excluding carboxylic acids is 1. The Labute approximate surface area is 157 Å². The number of ether oxygens (including phenoxy) is 2. The first-order chi connectivity index (χ1) is 12.5. The molecule has 0 N–H and O–H groups in total. The van der Waals surface area contributed by atoms with Crippen LogP contribution < -0.4 is 4.74 Å². The number of hydrogen-bond acceptors (Lipinski definition) is 4. The molecule has 0 spiro atoms. The molecule has 0 unspecified atom stereocenters. The highest BCUT2D eigenvalue weighted by Crippen LogP contribution is 2.24. The maximum absolute atomic E-state index is 12.2. The maximum Gasteiger partial charge on any atom is 0.222 e. The van der Waals surface area contributed by atoms with Crippen LogP contribution in [0.5, 0.6) is 5.75 Å². The van der Waals surface area contributed by atoms with E-state index in [1.165, 1.54) is 0 Å². The number of methoxy groups -OCH3 is 1. The van der Waals surface area contributed by atoms with E-state index in [-0.39, 0.29) is 12.0 Å². The van der Waals surface area contributed by atoms with Gasteiger partial charge in [-0.15, -0.1) is 6.58 Å². The lowest BCUT2D eigenvalue weighted by molar-refractivity contribution is -0.133. The van der Waals surface area contributed by atoms with Gasteiger partial charge in [-0.1, -0.05) is 32.1 Å². The number of carbonyl (C=O) groups is 1. The van der Waals surface area contributed by atoms with E-state index >= 15 is 0 Å². The van der Waals surface area contributed by atoms with Crippen LogP contribution in [-0.2, 0) is 9.53 Å². The summed E-state index contributed by atoms with van der Waals surface area (Å²) in [6.45, 7) is 12.6. The highest BCUT2D eigenvalue weighted by Gasteiger charge is 2.24. The van der Waals surface area contributed by atoms with Crippen LogP contribution in [0.15, 0.2) is 36.9 Å². The Hall–Kier alpha value is -1.85. The fourth-order valence-electron chi connectivity index (χ4n) is 3.17. The number of benzene rings is 1. The van der Waals surface area contributed by atoms with Crippen LogP contribution in [0.25, 0.3) is 0 Å². The molecule has 0 bridgehead atoms. The molecule has 1 atom stereocenters. The molecular weight excluding hydrogens is 328 g/mol. The lowest BCUT2D eigenvalue weighted by Gasteiger charge is -2.36. The molecular formula is C21H32N2O3. The first-order valence-electron chi connectivity index (χ1n) is 9.40. The van der Waals surface area contributed by atoms with Crippen LogP contribution in [-0.4, -0.2) is 62.1 Å². The molecule has 1 aliphatic rings. The Morgan fingerprint density at radius 2 is 2.00 bits per heavy atom. The largest absolute Gasteiger partial charge is 0.497 e. The Morgan fingerprint density at radius 1 is 1.27 bits per heavy atom. The predicted octanol–water partition coefficient (Wildman–Crippen LogP) is 3.13.